The molecule has 0 aromatic heterocycles. The second-order valence-electron chi connectivity index (χ2n) is 3.62. The third-order valence-corrected chi connectivity index (χ3v) is 2.57. The topological polar surface area (TPSA) is 21.3 Å². The van der Waals surface area contributed by atoms with Gasteiger partial charge in [-0.2, -0.15) is 0 Å². The lowest BCUT2D eigenvalue weighted by Gasteiger charge is -2.17. The van der Waals surface area contributed by atoms with Crippen molar-refractivity contribution in [3.63, 3.8) is 0 Å². The molecular formula is C11H14FNO. The summed E-state index contributed by atoms with van der Waals surface area (Å²) in [6.07, 6.45) is 1.25. The fourth-order valence-corrected chi connectivity index (χ4v) is 1.68. The average Bonchev–Trinajstić information content (AvgIpc) is 2.56. The van der Waals surface area contributed by atoms with E-state index < -0.39 is 0 Å². The van der Waals surface area contributed by atoms with Gasteiger partial charge in [-0.25, -0.2) is 4.39 Å². The van der Waals surface area contributed by atoms with Gasteiger partial charge in [-0.1, -0.05) is 0 Å². The molecule has 0 amide bonds. The van der Waals surface area contributed by atoms with Gasteiger partial charge in [-0.15, -0.1) is 0 Å². The van der Waals surface area contributed by atoms with E-state index in [2.05, 4.69) is 5.32 Å². The highest BCUT2D eigenvalue weighted by Gasteiger charge is 2.23. The second-order valence-corrected chi connectivity index (χ2v) is 3.62. The number of hydrogen-bond acceptors (Lipinski definition) is 2. The Morgan fingerprint density at radius 1 is 1.36 bits per heavy atom. The molecular weight excluding hydrogens is 181 g/mol. The maximum absolute atomic E-state index is 12.6. The molecule has 2 rings (SSSR count). The normalized spacial score (nSPS) is 26.4. The molecule has 0 spiro atoms. The van der Waals surface area contributed by atoms with E-state index in [1.54, 1.807) is 12.1 Å². The number of benzene rings is 1. The zero-order chi connectivity index (χ0) is 9.97. The molecule has 1 aromatic rings. The summed E-state index contributed by atoms with van der Waals surface area (Å²) in [6.45, 7) is 2.86. The lowest BCUT2D eigenvalue weighted by molar-refractivity contribution is 0.121. The number of rotatable bonds is 2. The molecule has 1 heterocycles. The third-order valence-electron chi connectivity index (χ3n) is 2.57. The summed E-state index contributed by atoms with van der Waals surface area (Å²) in [5.41, 5.74) is 0.953. The van der Waals surface area contributed by atoms with Gasteiger partial charge >= 0.3 is 0 Å². The number of hydrogen-bond donors (Lipinski definition) is 1. The van der Waals surface area contributed by atoms with Crippen molar-refractivity contribution >= 4 is 5.69 Å². The zero-order valence-electron chi connectivity index (χ0n) is 8.16. The molecule has 0 aliphatic carbocycles. The van der Waals surface area contributed by atoms with Crippen LogP contribution < -0.4 is 5.32 Å². The Balaban J connectivity index is 2.00. The lowest BCUT2D eigenvalue weighted by atomic mass is 10.1. The molecule has 1 aliphatic heterocycles. The smallest absolute Gasteiger partial charge is 0.123 e. The van der Waals surface area contributed by atoms with Gasteiger partial charge in [0.15, 0.2) is 0 Å². The van der Waals surface area contributed by atoms with Gasteiger partial charge in [0.2, 0.25) is 0 Å². The maximum Gasteiger partial charge on any atom is 0.123 e. The van der Waals surface area contributed by atoms with Crippen molar-refractivity contribution in [2.75, 3.05) is 11.9 Å². The van der Waals surface area contributed by atoms with Gasteiger partial charge in [-0.3, -0.25) is 0 Å². The van der Waals surface area contributed by atoms with Crippen LogP contribution in [0.25, 0.3) is 0 Å². The molecule has 0 bridgehead atoms. The van der Waals surface area contributed by atoms with Gasteiger partial charge < -0.3 is 10.1 Å². The fourth-order valence-electron chi connectivity index (χ4n) is 1.68. The zero-order valence-corrected chi connectivity index (χ0v) is 8.16. The molecule has 1 aliphatic rings. The largest absolute Gasteiger partial charge is 0.380 e. The van der Waals surface area contributed by atoms with Crippen molar-refractivity contribution in [2.24, 2.45) is 0 Å². The van der Waals surface area contributed by atoms with Crippen LogP contribution in [0.4, 0.5) is 10.1 Å². The molecule has 1 fully saturated rings. The van der Waals surface area contributed by atoms with Crippen LogP contribution in [0, 0.1) is 5.82 Å². The van der Waals surface area contributed by atoms with Crippen LogP contribution in [-0.4, -0.2) is 18.8 Å². The minimum absolute atomic E-state index is 0.203. The van der Waals surface area contributed by atoms with E-state index in [9.17, 15) is 4.39 Å². The highest BCUT2D eigenvalue weighted by Crippen LogP contribution is 2.18. The predicted octanol–water partition coefficient (Wildman–Crippen LogP) is 2.42. The van der Waals surface area contributed by atoms with Gasteiger partial charge in [0.05, 0.1) is 12.1 Å². The first-order chi connectivity index (χ1) is 6.75. The minimum atomic E-state index is -0.203. The number of anilines is 1. The van der Waals surface area contributed by atoms with Crippen molar-refractivity contribution in [1.82, 2.24) is 0 Å². The van der Waals surface area contributed by atoms with Crippen LogP contribution >= 0.6 is 0 Å². The first-order valence-electron chi connectivity index (χ1n) is 4.89. The summed E-state index contributed by atoms with van der Waals surface area (Å²) in [4.78, 5) is 0. The van der Waals surface area contributed by atoms with E-state index in [0.717, 1.165) is 18.7 Å². The SMILES string of the molecule is C[C@@H]1OCC[C@H]1Nc1ccc(F)cc1. The van der Waals surface area contributed by atoms with Crippen LogP contribution in [0.2, 0.25) is 0 Å². The number of nitrogens with one attached hydrogen (secondary N) is 1. The first-order valence-corrected chi connectivity index (χ1v) is 4.89. The Kier molecular flexibility index (Phi) is 2.68. The fraction of sp³-hybridized carbons (Fsp3) is 0.455. The molecule has 76 valence electrons. The van der Waals surface area contributed by atoms with E-state index in [1.807, 2.05) is 6.92 Å². The summed E-state index contributed by atoms with van der Waals surface area (Å²) in [5, 5.41) is 3.33. The first kappa shape index (κ1) is 9.46. The van der Waals surface area contributed by atoms with Crippen LogP contribution in [0.1, 0.15) is 13.3 Å². The quantitative estimate of drug-likeness (QED) is 0.782. The van der Waals surface area contributed by atoms with Crippen molar-refractivity contribution in [1.29, 1.82) is 0 Å². The minimum Gasteiger partial charge on any atom is -0.380 e. The van der Waals surface area contributed by atoms with Crippen LogP contribution in [-0.2, 0) is 4.74 Å². The van der Waals surface area contributed by atoms with E-state index in [1.165, 1.54) is 12.1 Å². The molecule has 2 atom stereocenters. The summed E-state index contributed by atoms with van der Waals surface area (Å²) in [6, 6.07) is 6.77. The summed E-state index contributed by atoms with van der Waals surface area (Å²) < 4.78 is 18.0. The standard InChI is InChI=1S/C11H14FNO/c1-8-11(6-7-14-8)13-10-4-2-9(12)3-5-10/h2-5,8,11,13H,6-7H2,1H3/t8-,11+/m0/s1. The van der Waals surface area contributed by atoms with E-state index in [0.29, 0.717) is 6.04 Å². The van der Waals surface area contributed by atoms with Crippen molar-refractivity contribution in [3.8, 4) is 0 Å². The average molecular weight is 195 g/mol. The van der Waals surface area contributed by atoms with Gasteiger partial charge in [0.1, 0.15) is 5.82 Å². The van der Waals surface area contributed by atoms with E-state index >= 15 is 0 Å². The highest BCUT2D eigenvalue weighted by atomic mass is 19.1. The van der Waals surface area contributed by atoms with Crippen LogP contribution in [0.3, 0.4) is 0 Å². The van der Waals surface area contributed by atoms with E-state index in [4.69, 9.17) is 4.74 Å². The van der Waals surface area contributed by atoms with Crippen LogP contribution in [0.15, 0.2) is 24.3 Å². The van der Waals surface area contributed by atoms with Crippen molar-refractivity contribution < 1.29 is 9.13 Å². The van der Waals surface area contributed by atoms with Crippen LogP contribution in [0.5, 0.6) is 0 Å². The summed E-state index contributed by atoms with van der Waals surface area (Å²) in [7, 11) is 0. The molecule has 1 N–H and O–H groups in total. The van der Waals surface area contributed by atoms with Crippen molar-refractivity contribution in [2.45, 2.75) is 25.5 Å². The molecule has 14 heavy (non-hydrogen) atoms. The lowest BCUT2D eigenvalue weighted by Crippen LogP contribution is -2.26. The molecule has 2 nitrogen and oxygen atoms in total. The van der Waals surface area contributed by atoms with E-state index in [-0.39, 0.29) is 11.9 Å². The Bertz CT molecular complexity index is 299. The summed E-state index contributed by atoms with van der Waals surface area (Å²) in [5.74, 6) is -0.203. The van der Waals surface area contributed by atoms with Gasteiger partial charge in [-0.05, 0) is 37.6 Å². The number of halogens is 1. The van der Waals surface area contributed by atoms with Gasteiger partial charge in [0, 0.05) is 12.3 Å². The maximum atomic E-state index is 12.6. The molecule has 3 heteroatoms. The molecule has 1 saturated heterocycles. The summed E-state index contributed by atoms with van der Waals surface area (Å²) >= 11 is 0. The highest BCUT2D eigenvalue weighted by molar-refractivity contribution is 5.44. The molecule has 1 aromatic carbocycles. The van der Waals surface area contributed by atoms with Crippen molar-refractivity contribution in [3.05, 3.63) is 30.1 Å². The molecule has 0 saturated carbocycles. The monoisotopic (exact) mass is 195 g/mol. The Labute approximate surface area is 83.1 Å². The predicted molar refractivity (Wildman–Crippen MR) is 53.8 cm³/mol. The Morgan fingerprint density at radius 3 is 2.64 bits per heavy atom. The molecule has 0 unspecified atom stereocenters. The molecule has 0 radical (unpaired) electrons. The van der Waals surface area contributed by atoms with Gasteiger partial charge in [0.25, 0.3) is 0 Å². The Hall–Kier alpha value is -1.09. The number of ether oxygens (including phenoxy) is 1. The second kappa shape index (κ2) is 3.96. The third kappa shape index (κ3) is 2.04. The Morgan fingerprint density at radius 2 is 2.07 bits per heavy atom.